The average molecular weight is 464 g/mol. The Hall–Kier alpha value is -3.56. The lowest BCUT2D eigenvalue weighted by Gasteiger charge is -2.29. The van der Waals surface area contributed by atoms with E-state index >= 15 is 0 Å². The van der Waals surface area contributed by atoms with Crippen molar-refractivity contribution < 1.29 is 19.0 Å². The molecule has 1 fully saturated rings. The number of phenolic OH excluding ortho intramolecular Hbond substituents is 1. The van der Waals surface area contributed by atoms with Gasteiger partial charge in [-0.1, -0.05) is 42.8 Å². The summed E-state index contributed by atoms with van der Waals surface area (Å²) in [6.07, 6.45) is 8.67. The van der Waals surface area contributed by atoms with E-state index in [0.717, 1.165) is 30.2 Å². The fourth-order valence-corrected chi connectivity index (χ4v) is 4.26. The summed E-state index contributed by atoms with van der Waals surface area (Å²) in [6.45, 7) is 3.01. The molecule has 2 aromatic heterocycles. The van der Waals surface area contributed by atoms with Gasteiger partial charge >= 0.3 is 0 Å². The number of halogens is 1. The number of ether oxygens (including phenoxy) is 2. The third-order valence-electron chi connectivity index (χ3n) is 5.89. The number of hydrogen-bond donors (Lipinski definition) is 1. The van der Waals surface area contributed by atoms with E-state index in [4.69, 9.17) is 9.47 Å². The summed E-state index contributed by atoms with van der Waals surface area (Å²) in [4.78, 5) is 4.06. The lowest BCUT2D eigenvalue weighted by molar-refractivity contribution is -0.190. The molecular weight excluding hydrogens is 437 g/mol. The number of benzene rings is 2. The van der Waals surface area contributed by atoms with Crippen LogP contribution in [-0.2, 0) is 34.8 Å². The number of rotatable bonds is 8. The van der Waals surface area contributed by atoms with E-state index in [1.54, 1.807) is 28.0 Å². The Kier molecular flexibility index (Phi) is 6.12. The number of nitrogens with zero attached hydrogens (tertiary/aromatic N) is 5. The van der Waals surface area contributed by atoms with E-state index in [-0.39, 0.29) is 30.6 Å². The molecule has 1 aliphatic rings. The van der Waals surface area contributed by atoms with E-state index in [1.807, 2.05) is 6.20 Å². The third kappa shape index (κ3) is 4.57. The molecule has 4 aromatic rings. The van der Waals surface area contributed by atoms with Gasteiger partial charge in [-0.25, -0.2) is 14.1 Å². The minimum absolute atomic E-state index is 0.161. The van der Waals surface area contributed by atoms with Gasteiger partial charge in [0.2, 0.25) is 5.79 Å². The largest absolute Gasteiger partial charge is 0.508 e. The van der Waals surface area contributed by atoms with Gasteiger partial charge in [0.15, 0.2) is 0 Å². The van der Waals surface area contributed by atoms with Gasteiger partial charge in [-0.3, -0.25) is 0 Å². The van der Waals surface area contributed by atoms with Crippen molar-refractivity contribution >= 4 is 0 Å². The van der Waals surface area contributed by atoms with Crippen molar-refractivity contribution in [3.8, 4) is 17.0 Å². The molecule has 0 aliphatic carbocycles. The molecule has 34 heavy (non-hydrogen) atoms. The van der Waals surface area contributed by atoms with Crippen LogP contribution >= 0.6 is 0 Å². The summed E-state index contributed by atoms with van der Waals surface area (Å²) in [6, 6.07) is 12.3. The molecule has 0 radical (unpaired) electrons. The maximum absolute atomic E-state index is 14.8. The maximum atomic E-state index is 14.8. The van der Waals surface area contributed by atoms with Crippen LogP contribution in [0.5, 0.6) is 5.75 Å². The molecule has 5 rings (SSSR count). The van der Waals surface area contributed by atoms with Gasteiger partial charge in [0.1, 0.15) is 23.4 Å². The van der Waals surface area contributed by atoms with Gasteiger partial charge in [-0.2, -0.15) is 0 Å². The first kappa shape index (κ1) is 22.2. The first-order valence-corrected chi connectivity index (χ1v) is 11.3. The molecule has 0 bridgehead atoms. The van der Waals surface area contributed by atoms with E-state index in [0.29, 0.717) is 6.54 Å². The third-order valence-corrected chi connectivity index (χ3v) is 5.89. The Morgan fingerprint density at radius 1 is 1.21 bits per heavy atom. The van der Waals surface area contributed by atoms with Crippen molar-refractivity contribution in [1.82, 2.24) is 24.5 Å². The van der Waals surface area contributed by atoms with E-state index in [1.165, 1.54) is 17.7 Å². The number of hydrogen-bond acceptors (Lipinski definition) is 6. The van der Waals surface area contributed by atoms with Crippen molar-refractivity contribution in [1.29, 1.82) is 0 Å². The fourth-order valence-electron chi connectivity index (χ4n) is 4.26. The smallest absolute Gasteiger partial charge is 0.216 e. The summed E-state index contributed by atoms with van der Waals surface area (Å²) in [7, 11) is 0. The minimum atomic E-state index is -1.36. The first-order valence-electron chi connectivity index (χ1n) is 11.3. The molecule has 0 unspecified atom stereocenters. The van der Waals surface area contributed by atoms with Crippen LogP contribution in [0, 0.1) is 5.82 Å². The second-order valence-corrected chi connectivity index (χ2v) is 8.48. The van der Waals surface area contributed by atoms with Crippen molar-refractivity contribution in [2.75, 3.05) is 6.61 Å². The minimum Gasteiger partial charge on any atom is -0.508 e. The predicted octanol–water partition coefficient (Wildman–Crippen LogP) is 3.91. The van der Waals surface area contributed by atoms with Crippen LogP contribution in [0.3, 0.4) is 0 Å². The summed E-state index contributed by atoms with van der Waals surface area (Å²) >= 11 is 0. The zero-order valence-corrected chi connectivity index (χ0v) is 18.8. The van der Waals surface area contributed by atoms with Gasteiger partial charge in [0.25, 0.3) is 0 Å². The second-order valence-electron chi connectivity index (χ2n) is 8.48. The highest BCUT2D eigenvalue weighted by molar-refractivity contribution is 5.57. The van der Waals surface area contributed by atoms with E-state index < -0.39 is 11.6 Å². The fraction of sp³-hybridized carbons (Fsp3) is 0.320. The highest BCUT2D eigenvalue weighted by atomic mass is 19.1. The highest BCUT2D eigenvalue weighted by Gasteiger charge is 2.45. The Morgan fingerprint density at radius 3 is 2.79 bits per heavy atom. The average Bonchev–Trinajstić information content (AvgIpc) is 3.58. The number of aromatic hydroxyl groups is 1. The molecule has 2 aromatic carbocycles. The SMILES string of the molecule is CCCc1ccc(-c2cn(C[C@H]3CO[C@](Cn4ccnc4)(c4ccc(O)cc4F)O3)nn2)cc1. The Bertz CT molecular complexity index is 1240. The summed E-state index contributed by atoms with van der Waals surface area (Å²) in [5.74, 6) is -2.12. The molecule has 0 amide bonds. The topological polar surface area (TPSA) is 87.2 Å². The monoisotopic (exact) mass is 463 g/mol. The van der Waals surface area contributed by atoms with Crippen LogP contribution in [-0.4, -0.2) is 42.4 Å². The van der Waals surface area contributed by atoms with Crippen LogP contribution in [0.25, 0.3) is 11.3 Å². The molecule has 1 aliphatic heterocycles. The molecule has 8 nitrogen and oxygen atoms in total. The van der Waals surface area contributed by atoms with E-state index in [9.17, 15) is 9.50 Å². The van der Waals surface area contributed by atoms with Crippen molar-refractivity contribution in [3.63, 3.8) is 0 Å². The number of phenols is 1. The highest BCUT2D eigenvalue weighted by Crippen LogP contribution is 2.38. The van der Waals surface area contributed by atoms with Crippen molar-refractivity contribution in [2.45, 2.75) is 44.7 Å². The van der Waals surface area contributed by atoms with Gasteiger partial charge in [-0.05, 0) is 24.1 Å². The van der Waals surface area contributed by atoms with Crippen LogP contribution in [0.1, 0.15) is 24.5 Å². The normalized spacial score (nSPS) is 20.1. The van der Waals surface area contributed by atoms with Crippen molar-refractivity contribution in [3.05, 3.63) is 84.3 Å². The van der Waals surface area contributed by atoms with Gasteiger partial charge in [0.05, 0.1) is 32.2 Å². The number of aryl methyl sites for hydroxylation is 1. The number of aromatic nitrogens is 5. The molecule has 0 saturated carbocycles. The lowest BCUT2D eigenvalue weighted by atomic mass is 10.0. The number of imidazole rings is 1. The first-order chi connectivity index (χ1) is 16.5. The maximum Gasteiger partial charge on any atom is 0.216 e. The molecule has 0 spiro atoms. The Balaban J connectivity index is 1.34. The zero-order valence-electron chi connectivity index (χ0n) is 18.8. The van der Waals surface area contributed by atoms with Crippen LogP contribution in [0.4, 0.5) is 4.39 Å². The Labute approximate surface area is 196 Å². The molecule has 2 atom stereocenters. The van der Waals surface area contributed by atoms with Gasteiger partial charge in [-0.15, -0.1) is 5.10 Å². The second kappa shape index (κ2) is 9.36. The molecule has 1 saturated heterocycles. The zero-order chi connectivity index (χ0) is 23.5. The summed E-state index contributed by atoms with van der Waals surface area (Å²) in [5, 5.41) is 18.2. The lowest BCUT2D eigenvalue weighted by Crippen LogP contribution is -2.35. The standard InChI is InChI=1S/C25H26FN5O3/c1-2-3-18-4-6-19(7-5-18)24-14-31(29-28-24)13-21-15-33-25(34-21,16-30-11-10-27-17-30)22-9-8-20(32)12-23(22)26/h4-12,14,17,21,32H,2-3,13,15-16H2,1H3/t21-,25-/m0/s1. The molecule has 3 heterocycles. The van der Waals surface area contributed by atoms with Crippen molar-refractivity contribution in [2.24, 2.45) is 0 Å². The van der Waals surface area contributed by atoms with E-state index in [2.05, 4.69) is 46.5 Å². The summed E-state index contributed by atoms with van der Waals surface area (Å²) < 4.78 is 30.7. The quantitative estimate of drug-likeness (QED) is 0.426. The predicted molar refractivity (Wildman–Crippen MR) is 122 cm³/mol. The Morgan fingerprint density at radius 2 is 2.06 bits per heavy atom. The van der Waals surface area contributed by atoms with Gasteiger partial charge < -0.3 is 19.1 Å². The van der Waals surface area contributed by atoms with Gasteiger partial charge in [0, 0.05) is 29.6 Å². The summed E-state index contributed by atoms with van der Waals surface area (Å²) in [5.41, 5.74) is 3.28. The van der Waals surface area contributed by atoms with Crippen LogP contribution in [0.15, 0.2) is 67.4 Å². The molecule has 9 heteroatoms. The van der Waals surface area contributed by atoms with Crippen LogP contribution in [0.2, 0.25) is 0 Å². The van der Waals surface area contributed by atoms with Crippen LogP contribution < -0.4 is 0 Å². The molecular formula is C25H26FN5O3. The molecule has 1 N–H and O–H groups in total. The molecule has 176 valence electrons.